The van der Waals surface area contributed by atoms with Gasteiger partial charge in [-0.1, -0.05) is 13.8 Å². The third kappa shape index (κ3) is 4.47. The Morgan fingerprint density at radius 1 is 1.25 bits per heavy atom. The van der Waals surface area contributed by atoms with Crippen molar-refractivity contribution in [3.63, 3.8) is 0 Å². The Kier molecular flexibility index (Phi) is 5.56. The summed E-state index contributed by atoms with van der Waals surface area (Å²) in [6.45, 7) is 7.40. The first-order valence-corrected chi connectivity index (χ1v) is 8.16. The second-order valence-electron chi connectivity index (χ2n) is 5.62. The molecule has 0 spiro atoms. The lowest BCUT2D eigenvalue weighted by molar-refractivity contribution is 0.152. The number of benzene rings is 1. The number of nitrogens with two attached hydrogens (primary N) is 1. The summed E-state index contributed by atoms with van der Waals surface area (Å²) >= 11 is 0. The highest BCUT2D eigenvalue weighted by atomic mass is 32.2. The van der Waals surface area contributed by atoms with E-state index < -0.39 is 16.1 Å². The van der Waals surface area contributed by atoms with Gasteiger partial charge in [-0.3, -0.25) is 0 Å². The highest BCUT2D eigenvalue weighted by Crippen LogP contribution is 2.22. The van der Waals surface area contributed by atoms with Gasteiger partial charge in [0.1, 0.15) is 0 Å². The molecule has 0 aliphatic carbocycles. The van der Waals surface area contributed by atoms with E-state index >= 15 is 0 Å². The number of aliphatic hydroxyl groups is 1. The van der Waals surface area contributed by atoms with Crippen LogP contribution < -0.4 is 10.5 Å². The Balaban J connectivity index is 2.90. The van der Waals surface area contributed by atoms with Crippen molar-refractivity contribution in [2.24, 2.45) is 5.92 Å². The van der Waals surface area contributed by atoms with Gasteiger partial charge in [0.25, 0.3) is 0 Å². The number of aliphatic hydroxyl groups excluding tert-OH is 1. The van der Waals surface area contributed by atoms with Gasteiger partial charge in [-0.15, -0.1) is 0 Å². The van der Waals surface area contributed by atoms with Crippen molar-refractivity contribution in [2.75, 3.05) is 12.3 Å². The topological polar surface area (TPSA) is 92.4 Å². The molecule has 0 saturated heterocycles. The summed E-state index contributed by atoms with van der Waals surface area (Å²) in [6.07, 6.45) is -0.124. The highest BCUT2D eigenvalue weighted by Gasteiger charge is 2.21. The fraction of sp³-hybridized carbons (Fsp3) is 0.571. The molecular formula is C14H24N2O3S. The molecule has 0 aliphatic heterocycles. The Morgan fingerprint density at radius 2 is 1.75 bits per heavy atom. The zero-order valence-corrected chi connectivity index (χ0v) is 13.3. The van der Waals surface area contributed by atoms with Crippen LogP contribution in [0.3, 0.4) is 0 Å². The zero-order valence-electron chi connectivity index (χ0n) is 12.5. The maximum atomic E-state index is 12.3. The van der Waals surface area contributed by atoms with E-state index in [9.17, 15) is 13.5 Å². The van der Waals surface area contributed by atoms with Gasteiger partial charge in [0.2, 0.25) is 10.0 Å². The fourth-order valence-electron chi connectivity index (χ4n) is 2.31. The van der Waals surface area contributed by atoms with E-state index in [2.05, 4.69) is 4.72 Å². The van der Waals surface area contributed by atoms with Gasteiger partial charge < -0.3 is 10.8 Å². The van der Waals surface area contributed by atoms with Crippen molar-refractivity contribution < 1.29 is 13.5 Å². The second kappa shape index (κ2) is 6.56. The van der Waals surface area contributed by atoms with Crippen LogP contribution >= 0.6 is 0 Å². The number of hydrogen-bond acceptors (Lipinski definition) is 4. The van der Waals surface area contributed by atoms with Gasteiger partial charge in [-0.2, -0.15) is 0 Å². The summed E-state index contributed by atoms with van der Waals surface area (Å²) in [4.78, 5) is 0.239. The molecule has 0 aromatic heterocycles. The minimum atomic E-state index is -3.63. The van der Waals surface area contributed by atoms with E-state index in [4.69, 9.17) is 5.73 Å². The first-order valence-electron chi connectivity index (χ1n) is 6.68. The molecule has 1 aromatic rings. The predicted molar refractivity (Wildman–Crippen MR) is 81.0 cm³/mol. The van der Waals surface area contributed by atoms with Gasteiger partial charge in [0.05, 0.1) is 11.0 Å². The number of aryl methyl sites for hydroxylation is 2. The number of sulfonamides is 1. The van der Waals surface area contributed by atoms with Crippen LogP contribution in [0.1, 0.15) is 31.4 Å². The van der Waals surface area contributed by atoms with Crippen molar-refractivity contribution in [1.82, 2.24) is 4.72 Å². The summed E-state index contributed by atoms with van der Waals surface area (Å²) in [5.41, 5.74) is 7.44. The molecule has 4 N–H and O–H groups in total. The maximum Gasteiger partial charge on any atom is 0.241 e. The van der Waals surface area contributed by atoms with Crippen molar-refractivity contribution in [2.45, 2.75) is 45.1 Å². The summed E-state index contributed by atoms with van der Waals surface area (Å²) < 4.78 is 27.1. The molecule has 1 rings (SSSR count). The van der Waals surface area contributed by atoms with E-state index in [1.807, 2.05) is 13.8 Å². The number of rotatable bonds is 6. The summed E-state index contributed by atoms with van der Waals surface area (Å²) in [5.74, 6) is 0.314. The van der Waals surface area contributed by atoms with E-state index in [1.54, 1.807) is 26.0 Å². The molecule has 114 valence electrons. The van der Waals surface area contributed by atoms with Crippen LogP contribution in [0.5, 0.6) is 0 Å². The fourth-order valence-corrected chi connectivity index (χ4v) is 3.83. The van der Waals surface area contributed by atoms with Gasteiger partial charge in [0, 0.05) is 12.2 Å². The van der Waals surface area contributed by atoms with Crippen LogP contribution in [-0.4, -0.2) is 26.2 Å². The molecular weight excluding hydrogens is 276 g/mol. The summed E-state index contributed by atoms with van der Waals surface area (Å²) in [7, 11) is -3.63. The smallest absolute Gasteiger partial charge is 0.241 e. The Morgan fingerprint density at radius 3 is 2.20 bits per heavy atom. The minimum absolute atomic E-state index is 0.0176. The van der Waals surface area contributed by atoms with Gasteiger partial charge in [-0.05, 0) is 49.4 Å². The second-order valence-corrected chi connectivity index (χ2v) is 7.32. The van der Waals surface area contributed by atoms with Gasteiger partial charge in [0.15, 0.2) is 0 Å². The van der Waals surface area contributed by atoms with Crippen molar-refractivity contribution in [3.8, 4) is 0 Å². The van der Waals surface area contributed by atoms with Crippen LogP contribution in [0.2, 0.25) is 0 Å². The van der Waals surface area contributed by atoms with E-state index in [0.717, 1.165) is 0 Å². The first kappa shape index (κ1) is 16.9. The van der Waals surface area contributed by atoms with E-state index in [-0.39, 0.29) is 11.4 Å². The zero-order chi connectivity index (χ0) is 15.5. The molecule has 1 atom stereocenters. The normalized spacial score (nSPS) is 13.7. The number of nitrogens with one attached hydrogen (secondary N) is 1. The standard InChI is InChI=1S/C14H24N2O3S/c1-9(2)5-13(17)8-16-20(18,19)14-10(3)6-12(15)7-11(14)4/h6-7,9,13,16-17H,5,8,15H2,1-4H3. The molecule has 5 nitrogen and oxygen atoms in total. The molecule has 20 heavy (non-hydrogen) atoms. The lowest BCUT2D eigenvalue weighted by atomic mass is 10.1. The monoisotopic (exact) mass is 300 g/mol. The maximum absolute atomic E-state index is 12.3. The average Bonchev–Trinajstić information content (AvgIpc) is 2.23. The predicted octanol–water partition coefficient (Wildman–Crippen LogP) is 1.57. The highest BCUT2D eigenvalue weighted by molar-refractivity contribution is 7.89. The number of nitrogen functional groups attached to an aromatic ring is 1. The quantitative estimate of drug-likeness (QED) is 0.695. The van der Waals surface area contributed by atoms with Crippen LogP contribution in [0.15, 0.2) is 17.0 Å². The number of anilines is 1. The SMILES string of the molecule is Cc1cc(N)cc(C)c1S(=O)(=O)NCC(O)CC(C)C. The van der Waals surface area contributed by atoms with E-state index in [0.29, 0.717) is 29.2 Å². The third-order valence-corrected chi connectivity index (χ3v) is 4.73. The molecule has 0 amide bonds. The molecule has 0 aliphatic rings. The van der Waals surface area contributed by atoms with Crippen LogP contribution in [-0.2, 0) is 10.0 Å². The lowest BCUT2D eigenvalue weighted by Crippen LogP contribution is -2.33. The van der Waals surface area contributed by atoms with E-state index in [1.165, 1.54) is 0 Å². The summed E-state index contributed by atoms with van der Waals surface area (Å²) in [5, 5.41) is 9.77. The molecule has 1 unspecified atom stereocenters. The average molecular weight is 300 g/mol. The Hall–Kier alpha value is -1.11. The molecule has 0 heterocycles. The minimum Gasteiger partial charge on any atom is -0.399 e. The molecule has 6 heteroatoms. The largest absolute Gasteiger partial charge is 0.399 e. The molecule has 0 bridgehead atoms. The number of hydrogen-bond donors (Lipinski definition) is 3. The first-order chi connectivity index (χ1) is 9.13. The third-order valence-electron chi connectivity index (χ3n) is 3.00. The van der Waals surface area contributed by atoms with Crippen molar-refractivity contribution in [1.29, 1.82) is 0 Å². The summed E-state index contributed by atoms with van der Waals surface area (Å²) in [6, 6.07) is 3.26. The lowest BCUT2D eigenvalue weighted by Gasteiger charge is -2.16. The molecule has 1 aromatic carbocycles. The van der Waals surface area contributed by atoms with Crippen LogP contribution in [0.4, 0.5) is 5.69 Å². The van der Waals surface area contributed by atoms with Crippen LogP contribution in [0, 0.1) is 19.8 Å². The van der Waals surface area contributed by atoms with Crippen LogP contribution in [0.25, 0.3) is 0 Å². The molecule has 0 saturated carbocycles. The Bertz CT molecular complexity index is 545. The molecule has 0 radical (unpaired) electrons. The van der Waals surface area contributed by atoms with Gasteiger partial charge in [-0.25, -0.2) is 13.1 Å². The Labute approximate surface area is 121 Å². The van der Waals surface area contributed by atoms with Gasteiger partial charge >= 0.3 is 0 Å². The van der Waals surface area contributed by atoms with Crippen molar-refractivity contribution in [3.05, 3.63) is 23.3 Å². The van der Waals surface area contributed by atoms with Crippen molar-refractivity contribution >= 4 is 15.7 Å². The molecule has 0 fully saturated rings.